The molecule has 0 N–H and O–H groups in total. The average molecular weight is 592 g/mol. The van der Waals surface area contributed by atoms with Crippen molar-refractivity contribution in [2.24, 2.45) is 0 Å². The van der Waals surface area contributed by atoms with E-state index in [0.717, 1.165) is 55.7 Å². The highest BCUT2D eigenvalue weighted by molar-refractivity contribution is 5.94. The molecule has 0 saturated carbocycles. The molecule has 0 aliphatic carbocycles. The number of ether oxygens (including phenoxy) is 4. The van der Waals surface area contributed by atoms with E-state index in [1.165, 1.54) is 0 Å². The van der Waals surface area contributed by atoms with Gasteiger partial charge in [-0.25, -0.2) is 9.97 Å². The zero-order chi connectivity index (χ0) is 30.1. The summed E-state index contributed by atoms with van der Waals surface area (Å²) in [6.07, 6.45) is 5.86. The molecule has 0 radical (unpaired) electrons. The summed E-state index contributed by atoms with van der Waals surface area (Å²) in [6.45, 7) is 5.03. The monoisotopic (exact) mass is 591 g/mol. The van der Waals surface area contributed by atoms with Crippen LogP contribution in [0.5, 0.6) is 23.0 Å². The van der Waals surface area contributed by atoms with E-state index in [0.29, 0.717) is 41.0 Å². The molecule has 0 atom stereocenters. The molecule has 0 unspecified atom stereocenters. The molecule has 0 spiro atoms. The maximum absolute atomic E-state index is 12.9. The number of aromatic nitrogens is 4. The molecule has 10 nitrogen and oxygen atoms in total. The zero-order valence-electron chi connectivity index (χ0n) is 24.5. The van der Waals surface area contributed by atoms with Crippen molar-refractivity contribution in [3.05, 3.63) is 96.8 Å². The number of hydrogen-bond donors (Lipinski definition) is 0. The maximum Gasteiger partial charge on any atom is 0.205 e. The van der Waals surface area contributed by atoms with Gasteiger partial charge in [-0.3, -0.25) is 19.7 Å². The van der Waals surface area contributed by atoms with Crippen LogP contribution in [0, 0.1) is 0 Å². The Bertz CT molecular complexity index is 1710. The fraction of sp³-hybridized carbons (Fsp3) is 0.265. The molecule has 0 amide bonds. The summed E-state index contributed by atoms with van der Waals surface area (Å²) in [5, 5.41) is 0.778. The van der Waals surface area contributed by atoms with Crippen LogP contribution in [-0.2, 0) is 11.2 Å². The topological polar surface area (TPSA) is 109 Å². The van der Waals surface area contributed by atoms with E-state index >= 15 is 0 Å². The number of ketones is 1. The van der Waals surface area contributed by atoms with Gasteiger partial charge in [-0.05, 0) is 36.8 Å². The van der Waals surface area contributed by atoms with Gasteiger partial charge in [-0.1, -0.05) is 30.3 Å². The fourth-order valence-corrected chi connectivity index (χ4v) is 4.99. The highest BCUT2D eigenvalue weighted by atomic mass is 16.5. The highest BCUT2D eigenvalue weighted by Crippen LogP contribution is 2.37. The first-order valence-corrected chi connectivity index (χ1v) is 14.6. The molecule has 224 valence electrons. The molecule has 4 heterocycles. The number of fused-ring (bicyclic) bond motifs is 1. The molecule has 6 rings (SSSR count). The minimum atomic E-state index is -0.213. The van der Waals surface area contributed by atoms with Crippen LogP contribution in [0.3, 0.4) is 0 Å². The van der Waals surface area contributed by atoms with Crippen molar-refractivity contribution in [1.29, 1.82) is 0 Å². The van der Waals surface area contributed by atoms with E-state index in [2.05, 4.69) is 24.8 Å². The van der Waals surface area contributed by atoms with Crippen molar-refractivity contribution in [2.75, 3.05) is 46.6 Å². The van der Waals surface area contributed by atoms with Gasteiger partial charge in [0.15, 0.2) is 17.3 Å². The lowest BCUT2D eigenvalue weighted by molar-refractivity contribution is 0.0357. The molecule has 44 heavy (non-hydrogen) atoms. The number of methoxy groups -OCH3 is 1. The van der Waals surface area contributed by atoms with Crippen LogP contribution in [0.4, 0.5) is 0 Å². The van der Waals surface area contributed by atoms with Crippen LogP contribution in [-0.4, -0.2) is 77.2 Å². The molecule has 1 aliphatic rings. The van der Waals surface area contributed by atoms with Crippen molar-refractivity contribution < 1.29 is 23.7 Å². The van der Waals surface area contributed by atoms with Gasteiger partial charge >= 0.3 is 0 Å². The van der Waals surface area contributed by atoms with E-state index in [1.54, 1.807) is 50.0 Å². The predicted molar refractivity (Wildman–Crippen MR) is 165 cm³/mol. The first-order valence-electron chi connectivity index (χ1n) is 14.6. The Morgan fingerprint density at radius 3 is 2.55 bits per heavy atom. The highest BCUT2D eigenvalue weighted by Gasteiger charge is 2.15. The SMILES string of the molecule is COc1cc2c(Oc3ccc(CC(=O)c4nccc(-c5ccccc5)n4)nc3)ccnc2cc1OCCCN1CCOCC1. The van der Waals surface area contributed by atoms with Crippen molar-refractivity contribution in [3.63, 3.8) is 0 Å². The summed E-state index contributed by atoms with van der Waals surface area (Å²) < 4.78 is 23.3. The Labute approximate surface area is 255 Å². The Morgan fingerprint density at radius 1 is 0.909 bits per heavy atom. The number of Topliss-reactive ketones (excluding diaryl/α,β-unsaturated/α-hetero) is 1. The molecular weight excluding hydrogens is 558 g/mol. The van der Waals surface area contributed by atoms with Crippen LogP contribution < -0.4 is 14.2 Å². The lowest BCUT2D eigenvalue weighted by Gasteiger charge is -2.26. The third kappa shape index (κ3) is 7.16. The van der Waals surface area contributed by atoms with Crippen molar-refractivity contribution >= 4 is 16.7 Å². The smallest absolute Gasteiger partial charge is 0.205 e. The summed E-state index contributed by atoms with van der Waals surface area (Å²) in [6, 6.07) is 20.6. The van der Waals surface area contributed by atoms with Gasteiger partial charge in [0.2, 0.25) is 5.78 Å². The van der Waals surface area contributed by atoms with Gasteiger partial charge in [0, 0.05) is 54.7 Å². The molecule has 0 bridgehead atoms. The van der Waals surface area contributed by atoms with Crippen LogP contribution >= 0.6 is 0 Å². The first-order chi connectivity index (χ1) is 21.7. The second-order valence-electron chi connectivity index (χ2n) is 10.3. The lowest BCUT2D eigenvalue weighted by Crippen LogP contribution is -2.37. The molecule has 5 aromatic rings. The third-order valence-corrected chi connectivity index (χ3v) is 7.31. The quantitative estimate of drug-likeness (QED) is 0.138. The standard InChI is InChI=1S/C34H33N5O5/c1-41-32-21-27-29(22-33(32)43-17-5-14-39-15-18-42-19-16-39)35-13-11-31(27)44-26-9-8-25(37-23-26)20-30(40)34-36-12-10-28(38-34)24-6-3-2-4-7-24/h2-4,6-13,21-23H,5,14-20H2,1H3. The summed E-state index contributed by atoms with van der Waals surface area (Å²) in [5.74, 6) is 2.32. The van der Waals surface area contributed by atoms with Crippen molar-refractivity contribution in [3.8, 4) is 34.3 Å². The van der Waals surface area contributed by atoms with Crippen LogP contribution in [0.25, 0.3) is 22.2 Å². The van der Waals surface area contributed by atoms with E-state index in [-0.39, 0.29) is 18.0 Å². The summed E-state index contributed by atoms with van der Waals surface area (Å²) in [5.41, 5.74) is 2.93. The van der Waals surface area contributed by atoms with Gasteiger partial charge in [0.25, 0.3) is 0 Å². The van der Waals surface area contributed by atoms with E-state index in [9.17, 15) is 4.79 Å². The molecule has 2 aromatic carbocycles. The van der Waals surface area contributed by atoms with Crippen LogP contribution in [0.1, 0.15) is 22.7 Å². The molecule has 3 aromatic heterocycles. The van der Waals surface area contributed by atoms with E-state index in [4.69, 9.17) is 18.9 Å². The van der Waals surface area contributed by atoms with E-state index in [1.807, 2.05) is 42.5 Å². The Balaban J connectivity index is 1.10. The Hall–Kier alpha value is -4.93. The number of nitrogens with zero attached hydrogens (tertiary/aromatic N) is 5. The Morgan fingerprint density at radius 2 is 1.75 bits per heavy atom. The fourth-order valence-electron chi connectivity index (χ4n) is 4.99. The number of benzene rings is 2. The number of pyridine rings is 2. The molecule has 1 fully saturated rings. The van der Waals surface area contributed by atoms with Gasteiger partial charge < -0.3 is 18.9 Å². The average Bonchev–Trinajstić information content (AvgIpc) is 3.08. The van der Waals surface area contributed by atoms with Gasteiger partial charge in [0.1, 0.15) is 11.5 Å². The zero-order valence-corrected chi connectivity index (χ0v) is 24.5. The number of carbonyl (C=O) groups is 1. The lowest BCUT2D eigenvalue weighted by atomic mass is 10.1. The van der Waals surface area contributed by atoms with Crippen LogP contribution in [0.2, 0.25) is 0 Å². The number of morpholine rings is 1. The van der Waals surface area contributed by atoms with Gasteiger partial charge in [0.05, 0.1) is 50.8 Å². The number of hydrogen-bond acceptors (Lipinski definition) is 10. The third-order valence-electron chi connectivity index (χ3n) is 7.31. The minimum absolute atomic E-state index is 0.0726. The van der Waals surface area contributed by atoms with Gasteiger partial charge in [-0.2, -0.15) is 0 Å². The Kier molecular flexibility index (Phi) is 9.29. The minimum Gasteiger partial charge on any atom is -0.493 e. The summed E-state index contributed by atoms with van der Waals surface area (Å²) in [4.78, 5) is 32.9. The predicted octanol–water partition coefficient (Wildman–Crippen LogP) is 5.41. The van der Waals surface area contributed by atoms with Crippen LogP contribution in [0.15, 0.2) is 85.3 Å². The number of rotatable bonds is 12. The van der Waals surface area contributed by atoms with Crippen molar-refractivity contribution in [1.82, 2.24) is 24.8 Å². The van der Waals surface area contributed by atoms with Gasteiger partial charge in [-0.15, -0.1) is 0 Å². The normalized spacial score (nSPS) is 13.5. The summed E-state index contributed by atoms with van der Waals surface area (Å²) >= 11 is 0. The van der Waals surface area contributed by atoms with Crippen molar-refractivity contribution in [2.45, 2.75) is 12.8 Å². The molecule has 10 heteroatoms. The van der Waals surface area contributed by atoms with E-state index < -0.39 is 0 Å². The maximum atomic E-state index is 12.9. The molecular formula is C34H33N5O5. The molecule has 1 saturated heterocycles. The second-order valence-corrected chi connectivity index (χ2v) is 10.3. The largest absolute Gasteiger partial charge is 0.493 e. The molecule has 1 aliphatic heterocycles. The summed E-state index contributed by atoms with van der Waals surface area (Å²) in [7, 11) is 1.62. The second kappa shape index (κ2) is 14.0. The first kappa shape index (κ1) is 29.2. The number of carbonyl (C=O) groups excluding carboxylic acids is 1.